The predicted molar refractivity (Wildman–Crippen MR) is 113 cm³/mol. The summed E-state index contributed by atoms with van der Waals surface area (Å²) in [6.45, 7) is 2.10. The molecule has 0 amide bonds. The summed E-state index contributed by atoms with van der Waals surface area (Å²) in [5, 5.41) is 0. The standard InChI is InChI=1S/C22H23N3OS/c1-26-17-10-8-16(9-11-17)21-20(27-2)15-19(18-7-3-4-12-23-18)24-22(21)25-13-5-6-14-25/h3-4,7-12,15H,5-6,13-14H2,1-2H3. The molecular formula is C22H23N3OS. The Kier molecular flexibility index (Phi) is 5.30. The smallest absolute Gasteiger partial charge is 0.138 e. The van der Waals surface area contributed by atoms with Gasteiger partial charge in [-0.1, -0.05) is 18.2 Å². The zero-order valence-electron chi connectivity index (χ0n) is 15.7. The summed E-state index contributed by atoms with van der Waals surface area (Å²) < 4.78 is 5.33. The molecule has 0 saturated carbocycles. The number of rotatable bonds is 5. The van der Waals surface area contributed by atoms with Crippen LogP contribution in [0.5, 0.6) is 5.75 Å². The zero-order valence-corrected chi connectivity index (χ0v) is 16.5. The van der Waals surface area contributed by atoms with Crippen LogP contribution in [0.1, 0.15) is 12.8 Å². The molecule has 138 valence electrons. The van der Waals surface area contributed by atoms with Gasteiger partial charge in [0.2, 0.25) is 0 Å². The maximum Gasteiger partial charge on any atom is 0.138 e. The molecule has 1 aliphatic heterocycles. The zero-order chi connectivity index (χ0) is 18.6. The Balaban J connectivity index is 1.89. The average Bonchev–Trinajstić information content (AvgIpc) is 3.28. The molecule has 1 saturated heterocycles. The number of pyridine rings is 2. The highest BCUT2D eigenvalue weighted by Crippen LogP contribution is 2.41. The number of ether oxygens (including phenoxy) is 1. The minimum Gasteiger partial charge on any atom is -0.497 e. The molecule has 0 radical (unpaired) electrons. The molecule has 27 heavy (non-hydrogen) atoms. The van der Waals surface area contributed by atoms with E-state index in [9.17, 15) is 0 Å². The Bertz CT molecular complexity index is 907. The average molecular weight is 378 g/mol. The van der Waals surface area contributed by atoms with E-state index in [1.54, 1.807) is 18.9 Å². The van der Waals surface area contributed by atoms with Gasteiger partial charge in [-0.2, -0.15) is 0 Å². The fourth-order valence-corrected chi connectivity index (χ4v) is 4.14. The number of methoxy groups -OCH3 is 1. The van der Waals surface area contributed by atoms with E-state index in [1.807, 2.05) is 36.5 Å². The molecule has 5 heteroatoms. The molecule has 0 unspecified atom stereocenters. The van der Waals surface area contributed by atoms with Crippen LogP contribution in [-0.2, 0) is 0 Å². The van der Waals surface area contributed by atoms with Gasteiger partial charge in [-0.25, -0.2) is 4.98 Å². The summed E-state index contributed by atoms with van der Waals surface area (Å²) >= 11 is 1.76. The highest BCUT2D eigenvalue weighted by Gasteiger charge is 2.22. The fourth-order valence-electron chi connectivity index (χ4n) is 3.50. The molecule has 1 aliphatic rings. The van der Waals surface area contributed by atoms with Crippen LogP contribution in [0.25, 0.3) is 22.5 Å². The van der Waals surface area contributed by atoms with Crippen LogP contribution < -0.4 is 9.64 Å². The summed E-state index contributed by atoms with van der Waals surface area (Å²) in [4.78, 5) is 13.2. The molecule has 0 N–H and O–H groups in total. The number of nitrogens with zero attached hydrogens (tertiary/aromatic N) is 3. The molecular weight excluding hydrogens is 354 g/mol. The van der Waals surface area contributed by atoms with Crippen molar-refractivity contribution in [2.45, 2.75) is 17.7 Å². The Morgan fingerprint density at radius 3 is 2.41 bits per heavy atom. The molecule has 3 heterocycles. The first-order valence-electron chi connectivity index (χ1n) is 9.20. The van der Waals surface area contributed by atoms with Crippen molar-refractivity contribution in [2.75, 3.05) is 31.4 Å². The van der Waals surface area contributed by atoms with Crippen LogP contribution in [0.2, 0.25) is 0 Å². The fraction of sp³-hybridized carbons (Fsp3) is 0.273. The highest BCUT2D eigenvalue weighted by molar-refractivity contribution is 7.98. The van der Waals surface area contributed by atoms with Crippen LogP contribution in [0.15, 0.2) is 59.6 Å². The highest BCUT2D eigenvalue weighted by atomic mass is 32.2. The first-order valence-corrected chi connectivity index (χ1v) is 10.4. The van der Waals surface area contributed by atoms with Crippen molar-refractivity contribution in [3.8, 4) is 28.3 Å². The van der Waals surface area contributed by atoms with E-state index in [4.69, 9.17) is 9.72 Å². The Labute approximate surface area is 164 Å². The van der Waals surface area contributed by atoms with Crippen molar-refractivity contribution >= 4 is 17.6 Å². The summed E-state index contributed by atoms with van der Waals surface area (Å²) in [5.74, 6) is 1.93. The lowest BCUT2D eigenvalue weighted by Crippen LogP contribution is -2.20. The predicted octanol–water partition coefficient (Wildman–Crippen LogP) is 5.14. The summed E-state index contributed by atoms with van der Waals surface area (Å²) in [5.41, 5.74) is 4.21. The van der Waals surface area contributed by atoms with Crippen molar-refractivity contribution in [1.82, 2.24) is 9.97 Å². The van der Waals surface area contributed by atoms with Gasteiger partial charge in [0.1, 0.15) is 11.6 Å². The maximum absolute atomic E-state index is 5.33. The Morgan fingerprint density at radius 1 is 1.00 bits per heavy atom. The summed E-state index contributed by atoms with van der Waals surface area (Å²) in [7, 11) is 1.70. The van der Waals surface area contributed by atoms with E-state index >= 15 is 0 Å². The van der Waals surface area contributed by atoms with E-state index in [0.29, 0.717) is 0 Å². The lowest BCUT2D eigenvalue weighted by molar-refractivity contribution is 0.415. The third-order valence-electron chi connectivity index (χ3n) is 4.90. The number of anilines is 1. The van der Waals surface area contributed by atoms with Gasteiger partial charge >= 0.3 is 0 Å². The van der Waals surface area contributed by atoms with Crippen LogP contribution in [0, 0.1) is 0 Å². The summed E-state index contributed by atoms with van der Waals surface area (Å²) in [6.07, 6.45) is 6.37. The third-order valence-corrected chi connectivity index (χ3v) is 5.66. The SMILES string of the molecule is COc1ccc(-c2c(SC)cc(-c3ccccn3)nc2N2CCCC2)cc1. The van der Waals surface area contributed by atoms with Gasteiger partial charge in [0, 0.05) is 29.7 Å². The quantitative estimate of drug-likeness (QED) is 0.576. The Hall–Kier alpha value is -2.53. The molecule has 1 fully saturated rings. The van der Waals surface area contributed by atoms with Crippen molar-refractivity contribution in [2.24, 2.45) is 0 Å². The van der Waals surface area contributed by atoms with Crippen molar-refractivity contribution in [3.63, 3.8) is 0 Å². The molecule has 0 atom stereocenters. The second kappa shape index (κ2) is 8.01. The monoisotopic (exact) mass is 377 g/mol. The maximum atomic E-state index is 5.33. The van der Waals surface area contributed by atoms with Gasteiger partial charge in [-0.3, -0.25) is 4.98 Å². The third kappa shape index (κ3) is 3.65. The molecule has 0 bridgehead atoms. The molecule has 0 aliphatic carbocycles. The number of benzene rings is 1. The Morgan fingerprint density at radius 2 is 1.78 bits per heavy atom. The minimum atomic E-state index is 0.866. The van der Waals surface area contributed by atoms with E-state index in [1.165, 1.54) is 28.9 Å². The number of hydrogen-bond donors (Lipinski definition) is 0. The first-order chi connectivity index (χ1) is 13.3. The molecule has 0 spiro atoms. The van der Waals surface area contributed by atoms with Crippen molar-refractivity contribution < 1.29 is 4.74 Å². The van der Waals surface area contributed by atoms with Gasteiger partial charge in [0.25, 0.3) is 0 Å². The largest absolute Gasteiger partial charge is 0.497 e. The lowest BCUT2D eigenvalue weighted by Gasteiger charge is -2.23. The van der Waals surface area contributed by atoms with Crippen LogP contribution in [0.4, 0.5) is 5.82 Å². The van der Waals surface area contributed by atoms with Crippen LogP contribution >= 0.6 is 11.8 Å². The van der Waals surface area contributed by atoms with Gasteiger partial charge in [-0.15, -0.1) is 11.8 Å². The van der Waals surface area contributed by atoms with E-state index in [-0.39, 0.29) is 0 Å². The molecule has 4 rings (SSSR count). The van der Waals surface area contributed by atoms with Crippen molar-refractivity contribution in [1.29, 1.82) is 0 Å². The topological polar surface area (TPSA) is 38.3 Å². The number of aromatic nitrogens is 2. The minimum absolute atomic E-state index is 0.866. The normalized spacial score (nSPS) is 13.8. The molecule has 1 aromatic carbocycles. The van der Waals surface area contributed by atoms with Gasteiger partial charge in [0.15, 0.2) is 0 Å². The second-order valence-corrected chi connectivity index (χ2v) is 7.39. The first kappa shape index (κ1) is 17.9. The second-order valence-electron chi connectivity index (χ2n) is 6.55. The molecule has 2 aromatic heterocycles. The van der Waals surface area contributed by atoms with E-state index in [0.717, 1.165) is 36.0 Å². The van der Waals surface area contributed by atoms with Gasteiger partial charge < -0.3 is 9.64 Å². The van der Waals surface area contributed by atoms with Crippen LogP contribution in [0.3, 0.4) is 0 Å². The van der Waals surface area contributed by atoms with Crippen molar-refractivity contribution in [3.05, 3.63) is 54.7 Å². The van der Waals surface area contributed by atoms with E-state index < -0.39 is 0 Å². The summed E-state index contributed by atoms with van der Waals surface area (Å²) in [6, 6.07) is 16.4. The van der Waals surface area contributed by atoms with Crippen LogP contribution in [-0.4, -0.2) is 36.4 Å². The number of thioether (sulfide) groups is 1. The number of hydrogen-bond acceptors (Lipinski definition) is 5. The molecule has 3 aromatic rings. The molecule has 4 nitrogen and oxygen atoms in total. The lowest BCUT2D eigenvalue weighted by atomic mass is 10.0. The van der Waals surface area contributed by atoms with Gasteiger partial charge in [-0.05, 0) is 55.0 Å². The van der Waals surface area contributed by atoms with E-state index in [2.05, 4.69) is 34.3 Å². The van der Waals surface area contributed by atoms with Gasteiger partial charge in [0.05, 0.1) is 18.5 Å².